The Hall–Kier alpha value is -0.390. The first-order valence-corrected chi connectivity index (χ1v) is 7.03. The van der Waals surface area contributed by atoms with E-state index >= 15 is 0 Å². The minimum atomic E-state index is -0.171. The van der Waals surface area contributed by atoms with Crippen molar-refractivity contribution in [2.75, 3.05) is 6.54 Å². The predicted octanol–water partition coefficient (Wildman–Crippen LogP) is 2.40. The van der Waals surface area contributed by atoms with Gasteiger partial charge in [0.25, 0.3) is 5.91 Å². The third-order valence-corrected chi connectivity index (χ3v) is 4.72. The fourth-order valence-corrected chi connectivity index (χ4v) is 3.47. The molecule has 2 unspecified atom stereocenters. The molecular formula is C11H14BrNO2S. The highest BCUT2D eigenvalue weighted by Gasteiger charge is 2.23. The number of hydrogen-bond acceptors (Lipinski definition) is 3. The fraction of sp³-hybridized carbons (Fsp3) is 0.545. The minimum absolute atomic E-state index is 0.0248. The van der Waals surface area contributed by atoms with Crippen molar-refractivity contribution in [3.63, 3.8) is 0 Å². The van der Waals surface area contributed by atoms with E-state index in [9.17, 15) is 9.90 Å². The molecule has 5 heteroatoms. The first-order chi connectivity index (χ1) is 7.66. The van der Waals surface area contributed by atoms with E-state index in [0.717, 1.165) is 28.6 Å². The first-order valence-electron chi connectivity index (χ1n) is 5.36. The lowest BCUT2D eigenvalue weighted by Gasteiger charge is -2.10. The van der Waals surface area contributed by atoms with Gasteiger partial charge in [0.05, 0.1) is 6.10 Å². The van der Waals surface area contributed by atoms with E-state index in [4.69, 9.17) is 0 Å². The van der Waals surface area contributed by atoms with Crippen LogP contribution in [0, 0.1) is 5.92 Å². The van der Waals surface area contributed by atoms with Crippen LogP contribution in [0.5, 0.6) is 0 Å². The van der Waals surface area contributed by atoms with Crippen molar-refractivity contribution in [2.24, 2.45) is 5.92 Å². The number of hydrogen-bond donors (Lipinski definition) is 2. The van der Waals surface area contributed by atoms with Crippen LogP contribution in [-0.4, -0.2) is 23.7 Å². The van der Waals surface area contributed by atoms with Crippen molar-refractivity contribution < 1.29 is 9.90 Å². The summed E-state index contributed by atoms with van der Waals surface area (Å²) < 4.78 is 0.849. The summed E-state index contributed by atoms with van der Waals surface area (Å²) in [5.41, 5.74) is 0. The molecule has 0 aliphatic heterocycles. The molecule has 1 heterocycles. The van der Waals surface area contributed by atoms with Gasteiger partial charge in [-0.15, -0.1) is 11.3 Å². The van der Waals surface area contributed by atoms with Crippen LogP contribution in [0.15, 0.2) is 15.9 Å². The van der Waals surface area contributed by atoms with Crippen LogP contribution in [0.3, 0.4) is 0 Å². The molecule has 16 heavy (non-hydrogen) atoms. The van der Waals surface area contributed by atoms with Crippen LogP contribution in [-0.2, 0) is 0 Å². The Morgan fingerprint density at radius 1 is 1.62 bits per heavy atom. The molecule has 0 bridgehead atoms. The summed E-state index contributed by atoms with van der Waals surface area (Å²) in [4.78, 5) is 12.5. The predicted molar refractivity (Wildman–Crippen MR) is 67.7 cm³/mol. The van der Waals surface area contributed by atoms with Gasteiger partial charge < -0.3 is 10.4 Å². The topological polar surface area (TPSA) is 49.3 Å². The first kappa shape index (κ1) is 12.1. The Bertz CT molecular complexity index is 380. The van der Waals surface area contributed by atoms with E-state index in [-0.39, 0.29) is 12.0 Å². The van der Waals surface area contributed by atoms with E-state index in [2.05, 4.69) is 21.2 Å². The Labute approximate surface area is 107 Å². The molecule has 88 valence electrons. The second kappa shape index (κ2) is 5.29. The summed E-state index contributed by atoms with van der Waals surface area (Å²) >= 11 is 4.77. The van der Waals surface area contributed by atoms with Gasteiger partial charge in [-0.05, 0) is 52.6 Å². The highest BCUT2D eigenvalue weighted by atomic mass is 79.9. The van der Waals surface area contributed by atoms with Gasteiger partial charge in [-0.1, -0.05) is 0 Å². The maximum absolute atomic E-state index is 11.8. The molecule has 1 fully saturated rings. The largest absolute Gasteiger partial charge is 0.393 e. The van der Waals surface area contributed by atoms with Gasteiger partial charge in [0.1, 0.15) is 4.88 Å². The van der Waals surface area contributed by atoms with Crippen molar-refractivity contribution in [1.29, 1.82) is 0 Å². The summed E-state index contributed by atoms with van der Waals surface area (Å²) in [7, 11) is 0. The molecule has 0 spiro atoms. The molecule has 2 rings (SSSR count). The Morgan fingerprint density at radius 3 is 3.00 bits per heavy atom. The maximum atomic E-state index is 11.8. The van der Waals surface area contributed by atoms with Crippen molar-refractivity contribution in [3.8, 4) is 0 Å². The van der Waals surface area contributed by atoms with E-state index in [1.807, 2.05) is 11.4 Å². The van der Waals surface area contributed by atoms with Crippen LogP contribution in [0.1, 0.15) is 28.9 Å². The lowest BCUT2D eigenvalue weighted by molar-refractivity contribution is 0.0948. The average molecular weight is 304 g/mol. The van der Waals surface area contributed by atoms with Crippen LogP contribution < -0.4 is 5.32 Å². The zero-order valence-corrected chi connectivity index (χ0v) is 11.2. The van der Waals surface area contributed by atoms with Crippen molar-refractivity contribution in [3.05, 3.63) is 20.8 Å². The zero-order chi connectivity index (χ0) is 11.5. The van der Waals surface area contributed by atoms with Crippen LogP contribution in [0.2, 0.25) is 0 Å². The van der Waals surface area contributed by atoms with Crippen molar-refractivity contribution in [2.45, 2.75) is 25.4 Å². The third-order valence-electron chi connectivity index (χ3n) is 2.89. The molecule has 1 aromatic rings. The van der Waals surface area contributed by atoms with Crippen LogP contribution >= 0.6 is 27.3 Å². The molecule has 2 N–H and O–H groups in total. The Kier molecular flexibility index (Phi) is 4.00. The van der Waals surface area contributed by atoms with Crippen molar-refractivity contribution >= 4 is 33.2 Å². The van der Waals surface area contributed by atoms with Gasteiger partial charge in [0.2, 0.25) is 0 Å². The number of carbonyl (C=O) groups excluding carboxylic acids is 1. The second-order valence-corrected chi connectivity index (χ2v) is 5.91. The molecule has 1 amide bonds. The van der Waals surface area contributed by atoms with Gasteiger partial charge in [0, 0.05) is 11.0 Å². The molecule has 2 atom stereocenters. The Balaban J connectivity index is 1.82. The molecule has 1 saturated carbocycles. The summed E-state index contributed by atoms with van der Waals surface area (Å²) in [6.45, 7) is 0.667. The van der Waals surface area contributed by atoms with E-state index in [1.54, 1.807) is 0 Å². The standard InChI is InChI=1S/C11H14BrNO2S/c12-9-3-4-16-10(9)11(15)13-6-7-1-2-8(14)5-7/h3-4,7-8,14H,1-2,5-6H2,(H,13,15). The number of nitrogens with one attached hydrogen (secondary N) is 1. The lowest BCUT2D eigenvalue weighted by atomic mass is 10.1. The molecule has 1 aliphatic rings. The van der Waals surface area contributed by atoms with Gasteiger partial charge in [-0.2, -0.15) is 0 Å². The van der Waals surface area contributed by atoms with Gasteiger partial charge in [-0.3, -0.25) is 4.79 Å². The van der Waals surface area contributed by atoms with Crippen LogP contribution in [0.4, 0.5) is 0 Å². The van der Waals surface area contributed by atoms with Gasteiger partial charge >= 0.3 is 0 Å². The molecule has 1 aliphatic carbocycles. The summed E-state index contributed by atoms with van der Waals surface area (Å²) in [6.07, 6.45) is 2.51. The normalized spacial score (nSPS) is 24.6. The zero-order valence-electron chi connectivity index (χ0n) is 8.78. The molecule has 1 aromatic heterocycles. The molecule has 0 aromatic carbocycles. The Morgan fingerprint density at radius 2 is 2.44 bits per heavy atom. The number of aliphatic hydroxyl groups is 1. The number of rotatable bonds is 3. The van der Waals surface area contributed by atoms with Crippen LogP contribution in [0.25, 0.3) is 0 Å². The molecule has 0 saturated heterocycles. The number of amides is 1. The lowest BCUT2D eigenvalue weighted by Crippen LogP contribution is -2.28. The van der Waals surface area contributed by atoms with E-state index in [0.29, 0.717) is 12.5 Å². The number of aliphatic hydroxyl groups excluding tert-OH is 1. The summed E-state index contributed by atoms with van der Waals surface area (Å²) in [5.74, 6) is 0.404. The van der Waals surface area contributed by atoms with E-state index < -0.39 is 0 Å². The molecular weight excluding hydrogens is 290 g/mol. The summed E-state index contributed by atoms with van der Waals surface area (Å²) in [5, 5.41) is 14.2. The average Bonchev–Trinajstić information content (AvgIpc) is 2.84. The van der Waals surface area contributed by atoms with Crippen molar-refractivity contribution in [1.82, 2.24) is 5.32 Å². The number of carbonyl (C=O) groups is 1. The van der Waals surface area contributed by atoms with E-state index in [1.165, 1.54) is 11.3 Å². The number of halogens is 1. The SMILES string of the molecule is O=C(NCC1CCC(O)C1)c1sccc1Br. The fourth-order valence-electron chi connectivity index (χ4n) is 2.01. The monoisotopic (exact) mass is 303 g/mol. The minimum Gasteiger partial charge on any atom is -0.393 e. The quantitative estimate of drug-likeness (QED) is 0.901. The van der Waals surface area contributed by atoms with Gasteiger partial charge in [0.15, 0.2) is 0 Å². The van der Waals surface area contributed by atoms with Gasteiger partial charge in [-0.25, -0.2) is 0 Å². The molecule has 0 radical (unpaired) electrons. The highest BCUT2D eigenvalue weighted by Crippen LogP contribution is 2.25. The second-order valence-electron chi connectivity index (χ2n) is 4.14. The molecule has 3 nitrogen and oxygen atoms in total. The third kappa shape index (κ3) is 2.84. The maximum Gasteiger partial charge on any atom is 0.262 e. The smallest absolute Gasteiger partial charge is 0.262 e. The number of thiophene rings is 1. The summed E-state index contributed by atoms with van der Waals surface area (Å²) in [6, 6.07) is 1.87. The highest BCUT2D eigenvalue weighted by molar-refractivity contribution is 9.10.